The van der Waals surface area contributed by atoms with Gasteiger partial charge in [-0.1, -0.05) is 20.8 Å². The second kappa shape index (κ2) is 6.32. The second-order valence-electron chi connectivity index (χ2n) is 6.84. The largest absolute Gasteiger partial charge is 0.229 e. The summed E-state index contributed by atoms with van der Waals surface area (Å²) in [5.41, 5.74) is 0.187. The van der Waals surface area contributed by atoms with Crippen molar-refractivity contribution in [1.82, 2.24) is 4.31 Å². The molecule has 0 saturated carbocycles. The Kier molecular flexibility index (Phi) is 5.66. The Morgan fingerprint density at radius 1 is 1.00 bits per heavy atom. The third kappa shape index (κ3) is 5.69. The summed E-state index contributed by atoms with van der Waals surface area (Å²) in [6.45, 7) is 7.58. The summed E-state index contributed by atoms with van der Waals surface area (Å²) in [6.07, 6.45) is 3.80. The fourth-order valence-electron chi connectivity index (χ4n) is 2.60. The number of nitrogens with zero attached hydrogens (tertiary/aromatic N) is 1. The smallest absolute Gasteiger partial charge is 0.215 e. The minimum Gasteiger partial charge on any atom is -0.229 e. The molecule has 1 saturated heterocycles. The van der Waals surface area contributed by atoms with Crippen LogP contribution in [0.2, 0.25) is 0 Å². The lowest BCUT2D eigenvalue weighted by atomic mass is 9.77. The highest BCUT2D eigenvalue weighted by molar-refractivity contribution is 7.93. The molecular formula is C13H27NO4S2. The maximum Gasteiger partial charge on any atom is 0.215 e. The maximum atomic E-state index is 12.2. The molecule has 0 radical (unpaired) electrons. The Balaban J connectivity index is 2.69. The summed E-state index contributed by atoms with van der Waals surface area (Å²) in [6, 6.07) is 0. The van der Waals surface area contributed by atoms with Crippen molar-refractivity contribution in [3.63, 3.8) is 0 Å². The highest BCUT2D eigenvalue weighted by atomic mass is 32.2. The van der Waals surface area contributed by atoms with Gasteiger partial charge >= 0.3 is 0 Å². The van der Waals surface area contributed by atoms with E-state index in [1.165, 1.54) is 4.31 Å². The molecule has 1 atom stereocenters. The van der Waals surface area contributed by atoms with E-state index in [9.17, 15) is 16.8 Å². The van der Waals surface area contributed by atoms with Gasteiger partial charge in [0.05, 0.1) is 11.5 Å². The zero-order chi connectivity index (χ0) is 15.6. The minimum atomic E-state index is -3.45. The van der Waals surface area contributed by atoms with Crippen molar-refractivity contribution in [3.8, 4) is 0 Å². The second-order valence-corrected chi connectivity index (χ2v) is 11.2. The first kappa shape index (κ1) is 17.9. The van der Waals surface area contributed by atoms with Crippen LogP contribution >= 0.6 is 0 Å². The molecule has 1 aliphatic heterocycles. The lowest BCUT2D eigenvalue weighted by Crippen LogP contribution is -2.36. The quantitative estimate of drug-likeness (QED) is 0.785. The molecule has 0 aromatic heterocycles. The zero-order valence-electron chi connectivity index (χ0n) is 12.9. The highest BCUT2D eigenvalue weighted by Gasteiger charge is 2.31. The fraction of sp³-hybridized carbons (Fsp3) is 1.00. The molecule has 7 heteroatoms. The summed E-state index contributed by atoms with van der Waals surface area (Å²) >= 11 is 0. The first-order chi connectivity index (χ1) is 8.92. The van der Waals surface area contributed by atoms with Crippen molar-refractivity contribution in [2.24, 2.45) is 11.3 Å². The molecule has 1 heterocycles. The van der Waals surface area contributed by atoms with Crippen LogP contribution < -0.4 is 0 Å². The number of hydrogen-bond donors (Lipinski definition) is 0. The van der Waals surface area contributed by atoms with Gasteiger partial charge in [0, 0.05) is 19.3 Å². The first-order valence-electron chi connectivity index (χ1n) is 7.07. The van der Waals surface area contributed by atoms with Crippen LogP contribution in [-0.4, -0.2) is 52.0 Å². The zero-order valence-corrected chi connectivity index (χ0v) is 14.6. The van der Waals surface area contributed by atoms with Gasteiger partial charge in [0.1, 0.15) is 9.84 Å². The summed E-state index contributed by atoms with van der Waals surface area (Å²) in [5, 5.41) is 0. The molecule has 0 amide bonds. The van der Waals surface area contributed by atoms with Gasteiger partial charge < -0.3 is 0 Å². The summed E-state index contributed by atoms with van der Waals surface area (Å²) in [4.78, 5) is 0. The van der Waals surface area contributed by atoms with Crippen molar-refractivity contribution in [2.75, 3.05) is 30.9 Å². The molecule has 0 N–H and O–H groups in total. The van der Waals surface area contributed by atoms with E-state index in [0.717, 1.165) is 25.5 Å². The molecule has 0 unspecified atom stereocenters. The fourth-order valence-corrected chi connectivity index (χ4v) is 5.70. The first-order valence-corrected chi connectivity index (χ1v) is 10.7. The number of sulfone groups is 1. The van der Waals surface area contributed by atoms with E-state index >= 15 is 0 Å². The molecule has 1 fully saturated rings. The monoisotopic (exact) mass is 325 g/mol. The summed E-state index contributed by atoms with van der Waals surface area (Å²) < 4.78 is 48.1. The lowest BCUT2D eigenvalue weighted by molar-refractivity contribution is 0.217. The van der Waals surface area contributed by atoms with Crippen LogP contribution in [-0.2, 0) is 19.9 Å². The van der Waals surface area contributed by atoms with Gasteiger partial charge in [-0.3, -0.25) is 0 Å². The number of sulfonamides is 1. The molecule has 0 spiro atoms. The van der Waals surface area contributed by atoms with E-state index < -0.39 is 19.9 Å². The molecule has 1 rings (SSSR count). The van der Waals surface area contributed by atoms with E-state index in [0.29, 0.717) is 19.0 Å². The van der Waals surface area contributed by atoms with Crippen molar-refractivity contribution >= 4 is 19.9 Å². The average Bonchev–Trinajstić information content (AvgIpc) is 2.50. The van der Waals surface area contributed by atoms with E-state index in [1.807, 2.05) is 0 Å². The molecule has 120 valence electrons. The van der Waals surface area contributed by atoms with Crippen molar-refractivity contribution in [3.05, 3.63) is 0 Å². The number of hydrogen-bond acceptors (Lipinski definition) is 4. The summed E-state index contributed by atoms with van der Waals surface area (Å²) in [7, 11) is -6.70. The highest BCUT2D eigenvalue weighted by Crippen LogP contribution is 2.34. The molecule has 0 aromatic rings. The topological polar surface area (TPSA) is 71.5 Å². The predicted molar refractivity (Wildman–Crippen MR) is 81.9 cm³/mol. The normalized spacial score (nSPS) is 23.5. The van der Waals surface area contributed by atoms with Crippen molar-refractivity contribution in [1.29, 1.82) is 0 Å². The maximum absolute atomic E-state index is 12.2. The summed E-state index contributed by atoms with van der Waals surface area (Å²) in [5.74, 6) is -0.0850. The van der Waals surface area contributed by atoms with E-state index in [2.05, 4.69) is 20.8 Å². The third-order valence-corrected chi connectivity index (χ3v) is 7.09. The van der Waals surface area contributed by atoms with Crippen LogP contribution in [0, 0.1) is 11.3 Å². The molecule has 0 aliphatic carbocycles. The molecular weight excluding hydrogens is 298 g/mol. The van der Waals surface area contributed by atoms with Gasteiger partial charge in [-0.05, 0) is 30.6 Å². The van der Waals surface area contributed by atoms with Crippen LogP contribution in [0.25, 0.3) is 0 Å². The lowest BCUT2D eigenvalue weighted by Gasteiger charge is -2.29. The van der Waals surface area contributed by atoms with E-state index in [1.54, 1.807) is 0 Å². The molecule has 1 aliphatic rings. The van der Waals surface area contributed by atoms with Gasteiger partial charge in [0.2, 0.25) is 10.0 Å². The van der Waals surface area contributed by atoms with Crippen LogP contribution in [0.4, 0.5) is 0 Å². The van der Waals surface area contributed by atoms with E-state index in [4.69, 9.17) is 0 Å². The minimum absolute atomic E-state index is 0.187. The standard InChI is InChI=1S/C13H27NO4S2/c1-13(2,3)12-6-5-8-14(9-7-12)20(17,18)11-10-19(4,15)16/h12H,5-11H2,1-4H3/t12-/m1/s1. The Morgan fingerprint density at radius 2 is 1.60 bits per heavy atom. The van der Waals surface area contributed by atoms with Crippen LogP contribution in [0.5, 0.6) is 0 Å². The third-order valence-electron chi connectivity index (χ3n) is 4.02. The van der Waals surface area contributed by atoms with Crippen LogP contribution in [0.15, 0.2) is 0 Å². The molecule has 20 heavy (non-hydrogen) atoms. The number of rotatable bonds is 4. The van der Waals surface area contributed by atoms with Crippen LogP contribution in [0.1, 0.15) is 40.0 Å². The van der Waals surface area contributed by atoms with Crippen molar-refractivity contribution < 1.29 is 16.8 Å². The van der Waals surface area contributed by atoms with Gasteiger partial charge in [0.15, 0.2) is 0 Å². The Hall–Kier alpha value is -0.140. The predicted octanol–water partition coefficient (Wildman–Crippen LogP) is 1.51. The Bertz CT molecular complexity index is 517. The molecule has 0 aromatic carbocycles. The van der Waals surface area contributed by atoms with Gasteiger partial charge in [0.25, 0.3) is 0 Å². The van der Waals surface area contributed by atoms with Crippen LogP contribution in [0.3, 0.4) is 0 Å². The Labute approximate surface area is 123 Å². The average molecular weight is 325 g/mol. The molecule has 0 bridgehead atoms. The molecule has 5 nitrogen and oxygen atoms in total. The van der Waals surface area contributed by atoms with Gasteiger partial charge in [-0.25, -0.2) is 21.1 Å². The van der Waals surface area contributed by atoms with E-state index in [-0.39, 0.29) is 16.9 Å². The Morgan fingerprint density at radius 3 is 2.10 bits per heavy atom. The SMILES string of the molecule is CC(C)(C)[C@@H]1CCCN(S(=O)(=O)CCS(C)(=O)=O)CC1. The van der Waals surface area contributed by atoms with Crippen molar-refractivity contribution in [2.45, 2.75) is 40.0 Å². The van der Waals surface area contributed by atoms with Gasteiger partial charge in [-0.15, -0.1) is 0 Å². The van der Waals surface area contributed by atoms with Gasteiger partial charge in [-0.2, -0.15) is 0 Å².